The average molecular weight is 266 g/mol. The van der Waals surface area contributed by atoms with Crippen LogP contribution in [-0.4, -0.2) is 22.6 Å². The maximum absolute atomic E-state index is 13.4. The lowest BCUT2D eigenvalue weighted by Crippen LogP contribution is -2.07. The Kier molecular flexibility index (Phi) is 3.88. The van der Waals surface area contributed by atoms with Crippen LogP contribution in [0.2, 0.25) is 0 Å². The van der Waals surface area contributed by atoms with E-state index in [1.165, 1.54) is 23.5 Å². The Morgan fingerprint density at radius 1 is 1.50 bits per heavy atom. The second kappa shape index (κ2) is 5.59. The molecule has 0 spiro atoms. The Bertz CT molecular complexity index is 543. The summed E-state index contributed by atoms with van der Waals surface area (Å²) in [6.07, 6.45) is 2.39. The number of aromatic carboxylic acids is 1. The number of benzene rings is 1. The summed E-state index contributed by atoms with van der Waals surface area (Å²) in [5.41, 5.74) is 0.264. The third-order valence-electron chi connectivity index (χ3n) is 2.35. The standard InChI is InChI=1S/C12H11FN2O2S/c13-9-2-1-8(12(16)17)7-10(9)14-4-3-11-15-5-6-18-11/h1-2,5-7,14H,3-4H2,(H,16,17). The van der Waals surface area contributed by atoms with Crippen LogP contribution in [0.4, 0.5) is 10.1 Å². The van der Waals surface area contributed by atoms with Gasteiger partial charge in [0, 0.05) is 24.5 Å². The average Bonchev–Trinajstić information content (AvgIpc) is 2.84. The molecule has 0 saturated carbocycles. The van der Waals surface area contributed by atoms with Gasteiger partial charge in [0.05, 0.1) is 16.3 Å². The van der Waals surface area contributed by atoms with Crippen LogP contribution in [0, 0.1) is 5.82 Å². The molecule has 6 heteroatoms. The first kappa shape index (κ1) is 12.5. The molecule has 0 aliphatic heterocycles. The van der Waals surface area contributed by atoms with Gasteiger partial charge in [-0.25, -0.2) is 14.2 Å². The van der Waals surface area contributed by atoms with Crippen molar-refractivity contribution >= 4 is 23.0 Å². The molecule has 2 rings (SSSR count). The van der Waals surface area contributed by atoms with Crippen LogP contribution < -0.4 is 5.32 Å². The number of nitrogens with one attached hydrogen (secondary N) is 1. The Labute approximate surface area is 107 Å². The van der Waals surface area contributed by atoms with Gasteiger partial charge in [0.25, 0.3) is 0 Å². The zero-order chi connectivity index (χ0) is 13.0. The maximum atomic E-state index is 13.4. The molecule has 2 N–H and O–H groups in total. The first-order valence-electron chi connectivity index (χ1n) is 5.32. The zero-order valence-corrected chi connectivity index (χ0v) is 10.2. The van der Waals surface area contributed by atoms with Gasteiger partial charge in [-0.2, -0.15) is 0 Å². The summed E-state index contributed by atoms with van der Waals surface area (Å²) in [5, 5.41) is 14.5. The quantitative estimate of drug-likeness (QED) is 0.873. The van der Waals surface area contributed by atoms with Crippen molar-refractivity contribution in [2.45, 2.75) is 6.42 Å². The van der Waals surface area contributed by atoms with Crippen LogP contribution >= 0.6 is 11.3 Å². The van der Waals surface area contributed by atoms with Crippen molar-refractivity contribution in [2.75, 3.05) is 11.9 Å². The molecule has 0 bridgehead atoms. The monoisotopic (exact) mass is 266 g/mol. The highest BCUT2D eigenvalue weighted by Crippen LogP contribution is 2.16. The minimum Gasteiger partial charge on any atom is -0.478 e. The summed E-state index contributed by atoms with van der Waals surface area (Å²) in [7, 11) is 0. The van der Waals surface area contributed by atoms with E-state index in [1.807, 2.05) is 5.38 Å². The molecule has 1 aromatic carbocycles. The maximum Gasteiger partial charge on any atom is 0.335 e. The molecule has 2 aromatic rings. The SMILES string of the molecule is O=C(O)c1ccc(F)c(NCCc2nccs2)c1. The molecule has 0 unspecified atom stereocenters. The molecule has 1 heterocycles. The summed E-state index contributed by atoms with van der Waals surface area (Å²) >= 11 is 1.53. The number of carboxylic acids is 1. The Hall–Kier alpha value is -1.95. The fraction of sp³-hybridized carbons (Fsp3) is 0.167. The van der Waals surface area contributed by atoms with E-state index in [4.69, 9.17) is 5.11 Å². The largest absolute Gasteiger partial charge is 0.478 e. The van der Waals surface area contributed by atoms with Gasteiger partial charge in [0.2, 0.25) is 0 Å². The number of hydrogen-bond acceptors (Lipinski definition) is 4. The minimum absolute atomic E-state index is 0.0631. The number of halogens is 1. The van der Waals surface area contributed by atoms with Gasteiger partial charge in [-0.05, 0) is 18.2 Å². The predicted octanol–water partition coefficient (Wildman–Crippen LogP) is 2.64. The lowest BCUT2D eigenvalue weighted by molar-refractivity contribution is 0.0697. The van der Waals surface area contributed by atoms with Gasteiger partial charge in [-0.1, -0.05) is 0 Å². The number of rotatable bonds is 5. The summed E-state index contributed by atoms with van der Waals surface area (Å²) in [6.45, 7) is 0.507. The number of thiazole rings is 1. The van der Waals surface area contributed by atoms with Crippen LogP contribution in [0.3, 0.4) is 0 Å². The van der Waals surface area contributed by atoms with Gasteiger partial charge in [0.15, 0.2) is 0 Å². The molecule has 0 aliphatic rings. The van der Waals surface area contributed by atoms with E-state index in [1.54, 1.807) is 6.20 Å². The number of carbonyl (C=O) groups is 1. The van der Waals surface area contributed by atoms with Gasteiger partial charge in [-0.15, -0.1) is 11.3 Å². The lowest BCUT2D eigenvalue weighted by atomic mass is 10.2. The molecule has 0 atom stereocenters. The highest BCUT2D eigenvalue weighted by Gasteiger charge is 2.08. The van der Waals surface area contributed by atoms with E-state index in [2.05, 4.69) is 10.3 Å². The van der Waals surface area contributed by atoms with E-state index in [-0.39, 0.29) is 11.3 Å². The number of anilines is 1. The van der Waals surface area contributed by atoms with E-state index in [9.17, 15) is 9.18 Å². The van der Waals surface area contributed by atoms with Crippen LogP contribution in [0.15, 0.2) is 29.8 Å². The summed E-state index contributed by atoms with van der Waals surface area (Å²) in [4.78, 5) is 14.9. The molecule has 94 valence electrons. The Morgan fingerprint density at radius 2 is 2.33 bits per heavy atom. The molecule has 0 radical (unpaired) electrons. The smallest absolute Gasteiger partial charge is 0.335 e. The number of nitrogens with zero attached hydrogens (tertiary/aromatic N) is 1. The predicted molar refractivity (Wildman–Crippen MR) is 67.7 cm³/mol. The number of carboxylic acid groups (broad SMARTS) is 1. The molecule has 1 aromatic heterocycles. The fourth-order valence-corrected chi connectivity index (χ4v) is 2.09. The minimum atomic E-state index is -1.07. The van der Waals surface area contributed by atoms with Crippen molar-refractivity contribution < 1.29 is 14.3 Å². The zero-order valence-electron chi connectivity index (χ0n) is 9.39. The van der Waals surface area contributed by atoms with Crippen molar-refractivity contribution in [3.05, 3.63) is 46.2 Å². The van der Waals surface area contributed by atoms with Crippen molar-refractivity contribution in [2.24, 2.45) is 0 Å². The highest BCUT2D eigenvalue weighted by atomic mass is 32.1. The van der Waals surface area contributed by atoms with Crippen molar-refractivity contribution in [1.29, 1.82) is 0 Å². The van der Waals surface area contributed by atoms with E-state index in [0.29, 0.717) is 13.0 Å². The molecular weight excluding hydrogens is 255 g/mol. The van der Waals surface area contributed by atoms with Crippen LogP contribution in [-0.2, 0) is 6.42 Å². The number of hydrogen-bond donors (Lipinski definition) is 2. The second-order valence-electron chi connectivity index (χ2n) is 3.60. The number of aromatic nitrogens is 1. The van der Waals surface area contributed by atoms with E-state index < -0.39 is 11.8 Å². The highest BCUT2D eigenvalue weighted by molar-refractivity contribution is 7.09. The molecule has 18 heavy (non-hydrogen) atoms. The second-order valence-corrected chi connectivity index (χ2v) is 4.58. The van der Waals surface area contributed by atoms with Gasteiger partial charge < -0.3 is 10.4 Å². The third-order valence-corrected chi connectivity index (χ3v) is 3.19. The van der Waals surface area contributed by atoms with Gasteiger partial charge >= 0.3 is 5.97 Å². The van der Waals surface area contributed by atoms with Crippen LogP contribution in [0.25, 0.3) is 0 Å². The van der Waals surface area contributed by atoms with Crippen molar-refractivity contribution in [1.82, 2.24) is 4.98 Å². The van der Waals surface area contributed by atoms with Crippen LogP contribution in [0.1, 0.15) is 15.4 Å². The Morgan fingerprint density at radius 3 is 3.00 bits per heavy atom. The molecule has 0 saturated heterocycles. The molecule has 0 fully saturated rings. The normalized spacial score (nSPS) is 10.3. The summed E-state index contributed by atoms with van der Waals surface area (Å²) < 4.78 is 13.4. The first-order valence-corrected chi connectivity index (χ1v) is 6.20. The van der Waals surface area contributed by atoms with E-state index >= 15 is 0 Å². The van der Waals surface area contributed by atoms with Crippen LogP contribution in [0.5, 0.6) is 0 Å². The topological polar surface area (TPSA) is 62.2 Å². The van der Waals surface area contributed by atoms with E-state index in [0.717, 1.165) is 11.1 Å². The molecule has 0 aliphatic carbocycles. The molecular formula is C12H11FN2O2S. The first-order chi connectivity index (χ1) is 8.66. The molecule has 0 amide bonds. The van der Waals surface area contributed by atoms with Crippen molar-refractivity contribution in [3.8, 4) is 0 Å². The van der Waals surface area contributed by atoms with Crippen molar-refractivity contribution in [3.63, 3.8) is 0 Å². The Balaban J connectivity index is 2.00. The van der Waals surface area contributed by atoms with Gasteiger partial charge in [0.1, 0.15) is 5.82 Å². The molecule has 4 nitrogen and oxygen atoms in total. The third kappa shape index (κ3) is 3.04. The fourth-order valence-electron chi connectivity index (χ4n) is 1.47. The summed E-state index contributed by atoms with van der Waals surface area (Å²) in [6, 6.07) is 3.68. The van der Waals surface area contributed by atoms with Gasteiger partial charge in [-0.3, -0.25) is 0 Å². The summed E-state index contributed by atoms with van der Waals surface area (Å²) in [5.74, 6) is -1.53. The lowest BCUT2D eigenvalue weighted by Gasteiger charge is -2.07.